The van der Waals surface area contributed by atoms with Gasteiger partial charge in [-0.05, 0) is 84.1 Å². The molecule has 0 radical (unpaired) electrons. The summed E-state index contributed by atoms with van der Waals surface area (Å²) in [7, 11) is 1.62. The number of para-hydroxylation sites is 1. The van der Waals surface area contributed by atoms with Crippen molar-refractivity contribution in [1.82, 2.24) is 10.2 Å². The number of hydrogen-bond donors (Lipinski definition) is 1. The number of likely N-dealkylation sites (tertiary alicyclic amines) is 1. The largest absolute Gasteiger partial charge is 0.496 e. The van der Waals surface area contributed by atoms with Gasteiger partial charge >= 0.3 is 0 Å². The lowest BCUT2D eigenvalue weighted by Crippen LogP contribution is -2.44. The molecule has 0 aromatic heterocycles. The molecule has 0 spiro atoms. The molecule has 2 aliphatic rings. The summed E-state index contributed by atoms with van der Waals surface area (Å²) in [5.41, 5.74) is 1.65. The fourth-order valence-corrected chi connectivity index (χ4v) is 6.49. The zero-order valence-electron chi connectivity index (χ0n) is 21.0. The van der Waals surface area contributed by atoms with Gasteiger partial charge in [-0.2, -0.15) is 0 Å². The molecule has 1 N–H and O–H groups in total. The van der Waals surface area contributed by atoms with Crippen LogP contribution in [0.4, 0.5) is 5.69 Å². The summed E-state index contributed by atoms with van der Waals surface area (Å²) in [4.78, 5) is 32.0. The van der Waals surface area contributed by atoms with Gasteiger partial charge in [0.25, 0.3) is 5.91 Å². The van der Waals surface area contributed by atoms with Crippen molar-refractivity contribution in [2.45, 2.75) is 50.0 Å². The topological polar surface area (TPSA) is 61.9 Å². The highest BCUT2D eigenvalue weighted by atomic mass is 79.9. The minimum absolute atomic E-state index is 0.00134. The number of hydrogen-bond acceptors (Lipinski definition) is 5. The van der Waals surface area contributed by atoms with E-state index in [1.54, 1.807) is 12.0 Å². The summed E-state index contributed by atoms with van der Waals surface area (Å²) in [6.45, 7) is 5.04. The maximum atomic E-state index is 13.5. The van der Waals surface area contributed by atoms with E-state index in [1.165, 1.54) is 37.4 Å². The summed E-state index contributed by atoms with van der Waals surface area (Å²) in [6.07, 6.45) is 7.83. The maximum absolute atomic E-state index is 13.5. The minimum atomic E-state index is -0.167. The third-order valence-corrected chi connectivity index (χ3v) is 8.47. The minimum Gasteiger partial charge on any atom is -0.496 e. The fourth-order valence-electron chi connectivity index (χ4n) is 4.87. The quantitative estimate of drug-likeness (QED) is 0.308. The highest BCUT2D eigenvalue weighted by Gasteiger charge is 2.30. The average molecular weight is 573 g/mol. The summed E-state index contributed by atoms with van der Waals surface area (Å²) in [5, 5.41) is 3.03. The summed E-state index contributed by atoms with van der Waals surface area (Å²) >= 11 is 4.94. The smallest absolute Gasteiger partial charge is 0.265 e. The van der Waals surface area contributed by atoms with E-state index in [0.717, 1.165) is 45.9 Å². The Morgan fingerprint density at radius 2 is 2.08 bits per heavy atom. The number of rotatable bonds is 9. The van der Waals surface area contributed by atoms with Gasteiger partial charge in [0.05, 0.1) is 22.2 Å². The molecule has 2 aromatic rings. The van der Waals surface area contributed by atoms with Crippen molar-refractivity contribution in [3.8, 4) is 5.75 Å². The van der Waals surface area contributed by atoms with Crippen molar-refractivity contribution < 1.29 is 14.3 Å². The van der Waals surface area contributed by atoms with Gasteiger partial charge in [-0.3, -0.25) is 14.5 Å². The molecule has 4 rings (SSSR count). The number of anilines is 1. The number of halogens is 1. The predicted molar refractivity (Wildman–Crippen MR) is 150 cm³/mol. The highest BCUT2D eigenvalue weighted by Crippen LogP contribution is 2.42. The Bertz CT molecular complexity index is 1120. The number of carbonyl (C=O) groups is 2. The van der Waals surface area contributed by atoms with Crippen LogP contribution >= 0.6 is 27.7 Å². The van der Waals surface area contributed by atoms with E-state index in [2.05, 4.69) is 33.1 Å². The number of nitrogens with zero attached hydrogens (tertiary/aromatic N) is 2. The Morgan fingerprint density at radius 3 is 2.86 bits per heavy atom. The van der Waals surface area contributed by atoms with Crippen LogP contribution in [0.2, 0.25) is 0 Å². The summed E-state index contributed by atoms with van der Waals surface area (Å²) in [5.74, 6) is 0.427. The molecular formula is C28H34BrN3O3S. The van der Waals surface area contributed by atoms with Crippen LogP contribution in [0, 0.1) is 0 Å². The Balaban J connectivity index is 1.40. The van der Waals surface area contributed by atoms with E-state index in [1.807, 2.05) is 48.5 Å². The van der Waals surface area contributed by atoms with Crippen LogP contribution in [0.15, 0.2) is 56.7 Å². The van der Waals surface area contributed by atoms with Gasteiger partial charge in [-0.1, -0.05) is 43.3 Å². The van der Waals surface area contributed by atoms with Crippen LogP contribution in [-0.4, -0.2) is 56.0 Å². The number of methoxy groups -OCH3 is 1. The number of thioether (sulfide) groups is 1. The van der Waals surface area contributed by atoms with Gasteiger partial charge in [0.15, 0.2) is 0 Å². The van der Waals surface area contributed by atoms with Crippen molar-refractivity contribution in [3.05, 3.63) is 57.4 Å². The van der Waals surface area contributed by atoms with E-state index in [4.69, 9.17) is 4.74 Å². The average Bonchev–Trinajstić information content (AvgIpc) is 2.89. The SMILES string of the molecule is CCC1CCCCN1CCCNC(=O)CN1C(=O)/C(=C\c2ccc(OC)c(Br)c2)Sc2ccccc21. The summed E-state index contributed by atoms with van der Waals surface area (Å²) in [6, 6.07) is 14.1. The Morgan fingerprint density at radius 1 is 1.25 bits per heavy atom. The Hall–Kier alpha value is -2.29. The van der Waals surface area contributed by atoms with E-state index in [0.29, 0.717) is 17.5 Å². The lowest BCUT2D eigenvalue weighted by atomic mass is 10.00. The van der Waals surface area contributed by atoms with Crippen LogP contribution in [0.1, 0.15) is 44.6 Å². The van der Waals surface area contributed by atoms with Gasteiger partial charge in [0, 0.05) is 24.0 Å². The molecule has 2 amide bonds. The van der Waals surface area contributed by atoms with Crippen molar-refractivity contribution in [2.75, 3.05) is 38.2 Å². The number of nitrogens with one attached hydrogen (secondary N) is 1. The van der Waals surface area contributed by atoms with Gasteiger partial charge in [0.1, 0.15) is 12.3 Å². The molecule has 2 aromatic carbocycles. The predicted octanol–water partition coefficient (Wildman–Crippen LogP) is 5.71. The highest BCUT2D eigenvalue weighted by molar-refractivity contribution is 9.10. The number of ether oxygens (including phenoxy) is 1. The molecule has 6 nitrogen and oxygen atoms in total. The van der Waals surface area contributed by atoms with Crippen LogP contribution in [0.5, 0.6) is 5.75 Å². The second-order valence-electron chi connectivity index (χ2n) is 9.16. The van der Waals surface area contributed by atoms with E-state index >= 15 is 0 Å². The van der Waals surface area contributed by atoms with Gasteiger partial charge < -0.3 is 15.0 Å². The molecule has 0 aliphatic carbocycles. The summed E-state index contributed by atoms with van der Waals surface area (Å²) < 4.78 is 6.13. The van der Waals surface area contributed by atoms with Gasteiger partial charge in [0.2, 0.25) is 5.91 Å². The fraction of sp³-hybridized carbons (Fsp3) is 0.429. The monoisotopic (exact) mass is 571 g/mol. The lowest BCUT2D eigenvalue weighted by Gasteiger charge is -2.35. The first-order valence-electron chi connectivity index (χ1n) is 12.6. The lowest BCUT2D eigenvalue weighted by molar-refractivity contribution is -0.122. The molecule has 1 atom stereocenters. The molecule has 36 heavy (non-hydrogen) atoms. The van der Waals surface area contributed by atoms with Gasteiger partial charge in [-0.15, -0.1) is 0 Å². The third kappa shape index (κ3) is 6.52. The second kappa shape index (κ2) is 12.8. The van der Waals surface area contributed by atoms with Crippen molar-refractivity contribution >= 4 is 51.3 Å². The molecule has 0 saturated carbocycles. The molecule has 192 valence electrons. The molecule has 0 bridgehead atoms. The first-order chi connectivity index (χ1) is 17.5. The van der Waals surface area contributed by atoms with E-state index in [9.17, 15) is 9.59 Å². The number of carbonyl (C=O) groups excluding carboxylic acids is 2. The van der Waals surface area contributed by atoms with E-state index < -0.39 is 0 Å². The molecule has 2 aliphatic heterocycles. The Kier molecular flexibility index (Phi) is 9.51. The van der Waals surface area contributed by atoms with Gasteiger partial charge in [-0.25, -0.2) is 0 Å². The molecule has 8 heteroatoms. The molecule has 1 unspecified atom stereocenters. The number of benzene rings is 2. The molecule has 1 fully saturated rings. The molecular weight excluding hydrogens is 538 g/mol. The molecule has 1 saturated heterocycles. The zero-order chi connectivity index (χ0) is 25.5. The van der Waals surface area contributed by atoms with Crippen LogP contribution in [0.25, 0.3) is 6.08 Å². The normalized spacial score (nSPS) is 19.3. The molecule has 2 heterocycles. The van der Waals surface area contributed by atoms with Crippen LogP contribution < -0.4 is 15.0 Å². The number of piperidine rings is 1. The van der Waals surface area contributed by atoms with Crippen LogP contribution in [-0.2, 0) is 9.59 Å². The first kappa shape index (κ1) is 26.8. The third-order valence-electron chi connectivity index (χ3n) is 6.77. The van der Waals surface area contributed by atoms with Crippen molar-refractivity contribution in [1.29, 1.82) is 0 Å². The van der Waals surface area contributed by atoms with Crippen LogP contribution in [0.3, 0.4) is 0 Å². The van der Waals surface area contributed by atoms with E-state index in [-0.39, 0.29) is 18.4 Å². The maximum Gasteiger partial charge on any atom is 0.265 e. The first-order valence-corrected chi connectivity index (χ1v) is 14.3. The second-order valence-corrected chi connectivity index (χ2v) is 11.1. The number of fused-ring (bicyclic) bond motifs is 1. The van der Waals surface area contributed by atoms with Crippen molar-refractivity contribution in [2.24, 2.45) is 0 Å². The standard InChI is InChI=1S/C28H34BrN3O3S/c1-3-21-9-6-7-15-31(21)16-8-14-30-27(33)19-32-23-10-4-5-11-25(23)36-26(28(32)34)18-20-12-13-24(35-2)22(29)17-20/h4-5,10-13,17-18,21H,3,6-9,14-16,19H2,1-2H3,(H,30,33)/b26-18+. The Labute approximate surface area is 226 Å². The number of amides is 2. The van der Waals surface area contributed by atoms with Crippen molar-refractivity contribution in [3.63, 3.8) is 0 Å². The zero-order valence-corrected chi connectivity index (χ0v) is 23.4.